The van der Waals surface area contributed by atoms with E-state index >= 15 is 0 Å². The van der Waals surface area contributed by atoms with Crippen LogP contribution in [0.4, 0.5) is 5.69 Å². The monoisotopic (exact) mass is 322 g/mol. The van der Waals surface area contributed by atoms with Gasteiger partial charge < -0.3 is 9.80 Å². The molecular formula is C20H22N2O2. The fourth-order valence-corrected chi connectivity index (χ4v) is 3.15. The van der Waals surface area contributed by atoms with Crippen LogP contribution in [-0.2, 0) is 4.79 Å². The molecule has 1 heterocycles. The Labute approximate surface area is 142 Å². The number of carbonyl (C=O) groups excluding carboxylic acids is 2. The van der Waals surface area contributed by atoms with Crippen molar-refractivity contribution in [2.45, 2.75) is 12.8 Å². The van der Waals surface area contributed by atoms with Gasteiger partial charge >= 0.3 is 0 Å². The molecule has 4 nitrogen and oxygen atoms in total. The molecule has 0 N–H and O–H groups in total. The van der Waals surface area contributed by atoms with Crippen LogP contribution in [0.2, 0.25) is 0 Å². The summed E-state index contributed by atoms with van der Waals surface area (Å²) in [6.07, 6.45) is 1.43. The molecule has 0 unspecified atom stereocenters. The minimum absolute atomic E-state index is 0.0185. The number of rotatable bonds is 3. The maximum atomic E-state index is 12.7. The van der Waals surface area contributed by atoms with Crippen LogP contribution >= 0.6 is 0 Å². The molecule has 2 amide bonds. The third-order valence-corrected chi connectivity index (χ3v) is 4.63. The quantitative estimate of drug-likeness (QED) is 0.870. The van der Waals surface area contributed by atoms with Gasteiger partial charge in [-0.2, -0.15) is 0 Å². The third kappa shape index (κ3) is 3.48. The lowest BCUT2D eigenvalue weighted by molar-refractivity contribution is -0.123. The fraction of sp³-hybridized carbons (Fsp3) is 0.300. The molecule has 4 heteroatoms. The van der Waals surface area contributed by atoms with Crippen LogP contribution in [0.1, 0.15) is 23.2 Å². The normalized spacial score (nSPS) is 15.1. The lowest BCUT2D eigenvalue weighted by atomic mass is 9.94. The van der Waals surface area contributed by atoms with Crippen molar-refractivity contribution in [2.75, 3.05) is 25.0 Å². The van der Waals surface area contributed by atoms with Gasteiger partial charge in [-0.15, -0.1) is 0 Å². The highest BCUT2D eigenvalue weighted by Gasteiger charge is 2.29. The van der Waals surface area contributed by atoms with E-state index in [9.17, 15) is 9.59 Å². The number of benzene rings is 2. The molecular weight excluding hydrogens is 300 g/mol. The van der Waals surface area contributed by atoms with Gasteiger partial charge in [-0.3, -0.25) is 9.59 Å². The van der Waals surface area contributed by atoms with Gasteiger partial charge in [0, 0.05) is 37.3 Å². The Morgan fingerprint density at radius 3 is 2.04 bits per heavy atom. The molecule has 0 spiro atoms. The first-order valence-electron chi connectivity index (χ1n) is 8.34. The topological polar surface area (TPSA) is 40.6 Å². The van der Waals surface area contributed by atoms with Crippen LogP contribution < -0.4 is 4.90 Å². The van der Waals surface area contributed by atoms with Crippen molar-refractivity contribution in [3.63, 3.8) is 0 Å². The summed E-state index contributed by atoms with van der Waals surface area (Å²) in [5.41, 5.74) is 1.62. The fourth-order valence-electron chi connectivity index (χ4n) is 3.15. The average Bonchev–Trinajstić information content (AvgIpc) is 2.68. The number of hydrogen-bond acceptors (Lipinski definition) is 2. The maximum absolute atomic E-state index is 12.7. The molecule has 1 aliphatic rings. The van der Waals surface area contributed by atoms with E-state index in [0.29, 0.717) is 31.5 Å². The van der Waals surface area contributed by atoms with Crippen molar-refractivity contribution < 1.29 is 9.59 Å². The smallest absolute Gasteiger partial charge is 0.253 e. The molecule has 0 aliphatic carbocycles. The first-order chi connectivity index (χ1) is 11.7. The summed E-state index contributed by atoms with van der Waals surface area (Å²) in [5.74, 6) is 0.168. The molecule has 24 heavy (non-hydrogen) atoms. The largest absolute Gasteiger partial charge is 0.339 e. The second-order valence-electron chi connectivity index (χ2n) is 6.17. The summed E-state index contributed by atoms with van der Waals surface area (Å²) in [6, 6.07) is 19.0. The highest BCUT2D eigenvalue weighted by Crippen LogP contribution is 2.23. The van der Waals surface area contributed by atoms with Gasteiger partial charge in [0.15, 0.2) is 0 Å². The van der Waals surface area contributed by atoms with Gasteiger partial charge in [-0.05, 0) is 37.1 Å². The summed E-state index contributed by atoms with van der Waals surface area (Å²) < 4.78 is 0. The number of anilines is 1. The van der Waals surface area contributed by atoms with E-state index in [0.717, 1.165) is 5.69 Å². The highest BCUT2D eigenvalue weighted by atomic mass is 16.2. The van der Waals surface area contributed by atoms with Crippen molar-refractivity contribution in [3.05, 3.63) is 66.2 Å². The molecule has 1 saturated heterocycles. The van der Waals surface area contributed by atoms with Crippen LogP contribution in [0.3, 0.4) is 0 Å². The third-order valence-electron chi connectivity index (χ3n) is 4.63. The molecule has 124 valence electrons. The Balaban J connectivity index is 1.59. The number of hydrogen-bond donors (Lipinski definition) is 0. The number of para-hydroxylation sites is 1. The van der Waals surface area contributed by atoms with Gasteiger partial charge in [0.2, 0.25) is 5.91 Å². The summed E-state index contributed by atoms with van der Waals surface area (Å²) in [7, 11) is 1.82. The van der Waals surface area contributed by atoms with Crippen molar-refractivity contribution in [1.29, 1.82) is 0 Å². The number of amides is 2. The van der Waals surface area contributed by atoms with Crippen molar-refractivity contribution >= 4 is 17.5 Å². The Morgan fingerprint density at radius 1 is 0.917 bits per heavy atom. The number of likely N-dealkylation sites (tertiary alicyclic amines) is 1. The summed E-state index contributed by atoms with van der Waals surface area (Å²) in [4.78, 5) is 28.7. The second-order valence-corrected chi connectivity index (χ2v) is 6.17. The number of piperidine rings is 1. The predicted molar refractivity (Wildman–Crippen MR) is 94.9 cm³/mol. The number of nitrogens with zero attached hydrogens (tertiary/aromatic N) is 2. The Morgan fingerprint density at radius 2 is 1.46 bits per heavy atom. The van der Waals surface area contributed by atoms with E-state index < -0.39 is 0 Å². The van der Waals surface area contributed by atoms with E-state index in [1.807, 2.05) is 72.6 Å². The van der Waals surface area contributed by atoms with E-state index in [4.69, 9.17) is 0 Å². The molecule has 2 aromatic carbocycles. The van der Waals surface area contributed by atoms with Crippen molar-refractivity contribution in [2.24, 2.45) is 5.92 Å². The van der Waals surface area contributed by atoms with Crippen molar-refractivity contribution in [1.82, 2.24) is 4.90 Å². The summed E-state index contributed by atoms with van der Waals surface area (Å²) >= 11 is 0. The van der Waals surface area contributed by atoms with Crippen LogP contribution in [0.5, 0.6) is 0 Å². The second kappa shape index (κ2) is 7.30. The first kappa shape index (κ1) is 16.2. The van der Waals surface area contributed by atoms with Crippen LogP contribution in [0, 0.1) is 5.92 Å². The van der Waals surface area contributed by atoms with E-state index in [-0.39, 0.29) is 17.7 Å². The minimum atomic E-state index is -0.0185. The van der Waals surface area contributed by atoms with Gasteiger partial charge in [0.25, 0.3) is 5.91 Å². The van der Waals surface area contributed by atoms with Crippen LogP contribution in [0.15, 0.2) is 60.7 Å². The van der Waals surface area contributed by atoms with Gasteiger partial charge in [-0.25, -0.2) is 0 Å². The molecule has 0 bridgehead atoms. The lowest BCUT2D eigenvalue weighted by Crippen LogP contribution is -2.43. The molecule has 1 aliphatic heterocycles. The Kier molecular flexibility index (Phi) is 4.94. The molecule has 0 aromatic heterocycles. The van der Waals surface area contributed by atoms with Gasteiger partial charge in [-0.1, -0.05) is 36.4 Å². The van der Waals surface area contributed by atoms with Crippen molar-refractivity contribution in [3.8, 4) is 0 Å². The standard InChI is InChI=1S/C20H22N2O2/c1-21(18-10-6-3-7-11-18)19(23)17-12-14-22(15-13-17)20(24)16-8-4-2-5-9-16/h2-11,17H,12-15H2,1H3. The highest BCUT2D eigenvalue weighted by molar-refractivity contribution is 5.96. The maximum Gasteiger partial charge on any atom is 0.253 e. The molecule has 3 rings (SSSR count). The predicted octanol–water partition coefficient (Wildman–Crippen LogP) is 3.20. The Bertz CT molecular complexity index is 692. The molecule has 2 aromatic rings. The summed E-state index contributed by atoms with van der Waals surface area (Å²) in [6.45, 7) is 1.26. The zero-order valence-corrected chi connectivity index (χ0v) is 13.9. The molecule has 1 fully saturated rings. The van der Waals surface area contributed by atoms with E-state index in [1.54, 1.807) is 4.90 Å². The van der Waals surface area contributed by atoms with Gasteiger partial charge in [0.1, 0.15) is 0 Å². The zero-order valence-electron chi connectivity index (χ0n) is 13.9. The van der Waals surface area contributed by atoms with E-state index in [1.165, 1.54) is 0 Å². The minimum Gasteiger partial charge on any atom is -0.339 e. The lowest BCUT2D eigenvalue weighted by Gasteiger charge is -2.33. The zero-order chi connectivity index (χ0) is 16.9. The first-order valence-corrected chi connectivity index (χ1v) is 8.34. The molecule has 0 atom stereocenters. The summed E-state index contributed by atoms with van der Waals surface area (Å²) in [5, 5.41) is 0. The molecule has 0 radical (unpaired) electrons. The van der Waals surface area contributed by atoms with Crippen LogP contribution in [0.25, 0.3) is 0 Å². The Hall–Kier alpha value is -2.62. The van der Waals surface area contributed by atoms with Crippen LogP contribution in [-0.4, -0.2) is 36.9 Å². The SMILES string of the molecule is CN(C(=O)C1CCN(C(=O)c2ccccc2)CC1)c1ccccc1. The number of carbonyl (C=O) groups is 2. The van der Waals surface area contributed by atoms with Gasteiger partial charge in [0.05, 0.1) is 0 Å². The van der Waals surface area contributed by atoms with E-state index in [2.05, 4.69) is 0 Å². The average molecular weight is 322 g/mol. The molecule has 0 saturated carbocycles.